The maximum Gasteiger partial charge on any atom is 0.0673 e. The molecule has 1 aliphatic carbocycles. The molecule has 12 heavy (non-hydrogen) atoms. The fraction of sp³-hybridized carbons (Fsp3) is 0.800. The maximum absolute atomic E-state index is 5.14. The molecular formula is C10H18O2. The second kappa shape index (κ2) is 5.33. The Morgan fingerprint density at radius 2 is 2.25 bits per heavy atom. The highest BCUT2D eigenvalue weighted by molar-refractivity contribution is 5.07. The minimum Gasteiger partial charge on any atom is -0.384 e. The molecule has 0 saturated carbocycles. The zero-order chi connectivity index (χ0) is 8.81. The molecule has 0 aromatic heterocycles. The fourth-order valence-electron chi connectivity index (χ4n) is 1.76. The van der Waals surface area contributed by atoms with Crippen LogP contribution in [-0.4, -0.2) is 27.4 Å². The summed E-state index contributed by atoms with van der Waals surface area (Å²) in [5.74, 6) is 0.713. The van der Waals surface area contributed by atoms with Gasteiger partial charge in [-0.15, -0.1) is 0 Å². The quantitative estimate of drug-likeness (QED) is 0.601. The second-order valence-corrected chi connectivity index (χ2v) is 3.40. The Bertz CT molecular complexity index is 152. The Kier molecular flexibility index (Phi) is 4.33. The molecule has 1 rings (SSSR count). The molecule has 1 aliphatic rings. The van der Waals surface area contributed by atoms with Crippen LogP contribution in [0.2, 0.25) is 0 Å². The fourth-order valence-corrected chi connectivity index (χ4v) is 1.76. The van der Waals surface area contributed by atoms with Crippen LogP contribution in [0.4, 0.5) is 0 Å². The van der Waals surface area contributed by atoms with E-state index in [9.17, 15) is 0 Å². The number of rotatable bonds is 4. The van der Waals surface area contributed by atoms with E-state index in [1.165, 1.54) is 18.4 Å². The highest BCUT2D eigenvalue weighted by atomic mass is 16.5. The van der Waals surface area contributed by atoms with Crippen LogP contribution in [0.1, 0.15) is 19.3 Å². The van der Waals surface area contributed by atoms with Gasteiger partial charge < -0.3 is 9.47 Å². The summed E-state index contributed by atoms with van der Waals surface area (Å²) in [5.41, 5.74) is 1.44. The van der Waals surface area contributed by atoms with Crippen molar-refractivity contribution in [3.63, 3.8) is 0 Å². The van der Waals surface area contributed by atoms with E-state index >= 15 is 0 Å². The van der Waals surface area contributed by atoms with Gasteiger partial charge in [-0.05, 0) is 30.8 Å². The van der Waals surface area contributed by atoms with Gasteiger partial charge in [0, 0.05) is 20.8 Å². The molecular weight excluding hydrogens is 152 g/mol. The normalized spacial score (nSPS) is 23.8. The summed E-state index contributed by atoms with van der Waals surface area (Å²) >= 11 is 0. The summed E-state index contributed by atoms with van der Waals surface area (Å²) in [6, 6.07) is 0. The van der Waals surface area contributed by atoms with Crippen LogP contribution in [0.15, 0.2) is 11.6 Å². The lowest BCUT2D eigenvalue weighted by molar-refractivity contribution is 0.140. The van der Waals surface area contributed by atoms with Crippen LogP contribution in [0.25, 0.3) is 0 Å². The molecule has 0 aromatic rings. The SMILES string of the molecule is COCC1=CCCC(COC)C1. The van der Waals surface area contributed by atoms with E-state index in [-0.39, 0.29) is 0 Å². The van der Waals surface area contributed by atoms with Gasteiger partial charge in [-0.1, -0.05) is 6.08 Å². The maximum atomic E-state index is 5.14. The molecule has 70 valence electrons. The Balaban J connectivity index is 2.31. The number of hydrogen-bond acceptors (Lipinski definition) is 2. The van der Waals surface area contributed by atoms with Gasteiger partial charge in [-0.3, -0.25) is 0 Å². The Morgan fingerprint density at radius 3 is 2.92 bits per heavy atom. The number of ether oxygens (including phenoxy) is 2. The van der Waals surface area contributed by atoms with Crippen LogP contribution in [0.3, 0.4) is 0 Å². The Hall–Kier alpha value is -0.340. The third kappa shape index (κ3) is 2.95. The first-order valence-corrected chi connectivity index (χ1v) is 4.52. The van der Waals surface area contributed by atoms with E-state index in [2.05, 4.69) is 6.08 Å². The molecule has 0 aromatic carbocycles. The van der Waals surface area contributed by atoms with E-state index < -0.39 is 0 Å². The van der Waals surface area contributed by atoms with Crippen LogP contribution < -0.4 is 0 Å². The van der Waals surface area contributed by atoms with Crippen molar-refractivity contribution in [3.05, 3.63) is 11.6 Å². The van der Waals surface area contributed by atoms with Crippen molar-refractivity contribution in [2.75, 3.05) is 27.4 Å². The van der Waals surface area contributed by atoms with Crippen molar-refractivity contribution in [2.24, 2.45) is 5.92 Å². The van der Waals surface area contributed by atoms with E-state index in [0.717, 1.165) is 19.6 Å². The van der Waals surface area contributed by atoms with Crippen molar-refractivity contribution >= 4 is 0 Å². The molecule has 2 heteroatoms. The zero-order valence-corrected chi connectivity index (χ0v) is 8.01. The monoisotopic (exact) mass is 170 g/mol. The van der Waals surface area contributed by atoms with E-state index in [1.54, 1.807) is 14.2 Å². The zero-order valence-electron chi connectivity index (χ0n) is 8.01. The molecule has 0 amide bonds. The van der Waals surface area contributed by atoms with Crippen molar-refractivity contribution in [1.82, 2.24) is 0 Å². The van der Waals surface area contributed by atoms with E-state index in [1.807, 2.05) is 0 Å². The van der Waals surface area contributed by atoms with Gasteiger partial charge in [0.2, 0.25) is 0 Å². The minimum absolute atomic E-state index is 0.713. The average Bonchev–Trinajstić information content (AvgIpc) is 2.06. The predicted octanol–water partition coefficient (Wildman–Crippen LogP) is 2.01. The number of methoxy groups -OCH3 is 2. The highest BCUT2D eigenvalue weighted by Crippen LogP contribution is 2.24. The Morgan fingerprint density at radius 1 is 1.42 bits per heavy atom. The second-order valence-electron chi connectivity index (χ2n) is 3.40. The van der Waals surface area contributed by atoms with Crippen molar-refractivity contribution in [3.8, 4) is 0 Å². The molecule has 0 radical (unpaired) electrons. The lowest BCUT2D eigenvalue weighted by atomic mass is 9.90. The number of allylic oxidation sites excluding steroid dienone is 1. The third-order valence-electron chi connectivity index (χ3n) is 2.29. The van der Waals surface area contributed by atoms with Gasteiger partial charge in [0.25, 0.3) is 0 Å². The lowest BCUT2D eigenvalue weighted by Crippen LogP contribution is -2.14. The number of hydrogen-bond donors (Lipinski definition) is 0. The van der Waals surface area contributed by atoms with Crippen LogP contribution in [-0.2, 0) is 9.47 Å². The first kappa shape index (κ1) is 9.75. The van der Waals surface area contributed by atoms with Crippen LogP contribution in [0, 0.1) is 5.92 Å². The largest absolute Gasteiger partial charge is 0.384 e. The Labute approximate surface area is 74.6 Å². The molecule has 1 unspecified atom stereocenters. The first-order chi connectivity index (χ1) is 5.86. The van der Waals surface area contributed by atoms with E-state index in [0.29, 0.717) is 5.92 Å². The smallest absolute Gasteiger partial charge is 0.0673 e. The highest BCUT2D eigenvalue weighted by Gasteiger charge is 2.14. The molecule has 0 spiro atoms. The van der Waals surface area contributed by atoms with Crippen molar-refractivity contribution < 1.29 is 9.47 Å². The minimum atomic E-state index is 0.713. The van der Waals surface area contributed by atoms with Crippen molar-refractivity contribution in [1.29, 1.82) is 0 Å². The van der Waals surface area contributed by atoms with Gasteiger partial charge >= 0.3 is 0 Å². The summed E-state index contributed by atoms with van der Waals surface area (Å²) in [6.45, 7) is 1.68. The molecule has 0 aliphatic heterocycles. The molecule has 0 heterocycles. The van der Waals surface area contributed by atoms with Gasteiger partial charge in [-0.2, -0.15) is 0 Å². The summed E-state index contributed by atoms with van der Waals surface area (Å²) in [5, 5.41) is 0. The topological polar surface area (TPSA) is 18.5 Å². The average molecular weight is 170 g/mol. The predicted molar refractivity (Wildman–Crippen MR) is 49.2 cm³/mol. The molecule has 0 bridgehead atoms. The van der Waals surface area contributed by atoms with Crippen LogP contribution >= 0.6 is 0 Å². The standard InChI is InChI=1S/C10H18O2/c1-11-7-9-4-3-5-10(6-9)8-12-2/h4,10H,3,5-8H2,1-2H3. The third-order valence-corrected chi connectivity index (χ3v) is 2.29. The van der Waals surface area contributed by atoms with Gasteiger partial charge in [0.15, 0.2) is 0 Å². The van der Waals surface area contributed by atoms with Gasteiger partial charge in [0.1, 0.15) is 0 Å². The van der Waals surface area contributed by atoms with Crippen molar-refractivity contribution in [2.45, 2.75) is 19.3 Å². The summed E-state index contributed by atoms with van der Waals surface area (Å²) < 4.78 is 10.2. The summed E-state index contributed by atoms with van der Waals surface area (Å²) in [4.78, 5) is 0. The molecule has 0 N–H and O–H groups in total. The summed E-state index contributed by atoms with van der Waals surface area (Å²) in [6.07, 6.45) is 5.91. The van der Waals surface area contributed by atoms with Gasteiger partial charge in [-0.25, -0.2) is 0 Å². The first-order valence-electron chi connectivity index (χ1n) is 4.52. The van der Waals surface area contributed by atoms with Gasteiger partial charge in [0.05, 0.1) is 6.61 Å². The molecule has 2 nitrogen and oxygen atoms in total. The molecule has 0 saturated heterocycles. The van der Waals surface area contributed by atoms with E-state index in [4.69, 9.17) is 9.47 Å². The molecule has 0 fully saturated rings. The van der Waals surface area contributed by atoms with Crippen LogP contribution in [0.5, 0.6) is 0 Å². The lowest BCUT2D eigenvalue weighted by Gasteiger charge is -2.21. The molecule has 1 atom stereocenters. The summed E-state index contributed by atoms with van der Waals surface area (Å²) in [7, 11) is 3.52.